The quantitative estimate of drug-likeness (QED) is 0.763. The molecule has 0 unspecified atom stereocenters. The summed E-state index contributed by atoms with van der Waals surface area (Å²) in [6.45, 7) is 2.04. The molecule has 2 nitrogen and oxygen atoms in total. The Bertz CT molecular complexity index is 744. The van der Waals surface area contributed by atoms with E-state index in [2.05, 4.69) is 29.6 Å². The van der Waals surface area contributed by atoms with E-state index in [4.69, 9.17) is 0 Å². The van der Waals surface area contributed by atoms with E-state index in [0.717, 1.165) is 10.4 Å². The molecule has 0 fully saturated rings. The Kier molecular flexibility index (Phi) is 4.02. The molecule has 2 aromatic carbocycles. The first-order chi connectivity index (χ1) is 10.2. The van der Waals surface area contributed by atoms with E-state index in [1.54, 1.807) is 11.3 Å². The van der Waals surface area contributed by atoms with Crippen molar-refractivity contribution in [2.45, 2.75) is 19.4 Å². The maximum Gasteiger partial charge on any atom is 0.225 e. The Balaban J connectivity index is 1.77. The van der Waals surface area contributed by atoms with Crippen molar-refractivity contribution in [2.24, 2.45) is 0 Å². The van der Waals surface area contributed by atoms with Crippen molar-refractivity contribution in [3.05, 3.63) is 70.4 Å². The maximum atomic E-state index is 12.1. The topological polar surface area (TPSA) is 29.1 Å². The van der Waals surface area contributed by atoms with E-state index in [-0.39, 0.29) is 11.9 Å². The van der Waals surface area contributed by atoms with Gasteiger partial charge in [0.1, 0.15) is 0 Å². The number of amides is 1. The molecule has 1 heterocycles. The van der Waals surface area contributed by atoms with Gasteiger partial charge in [0, 0.05) is 4.88 Å². The van der Waals surface area contributed by atoms with Crippen LogP contribution in [0.15, 0.2) is 60.0 Å². The number of benzene rings is 2. The number of rotatable bonds is 4. The third-order valence-corrected chi connectivity index (χ3v) is 4.46. The Morgan fingerprint density at radius 1 is 1.10 bits per heavy atom. The molecule has 0 aliphatic rings. The van der Waals surface area contributed by atoms with Gasteiger partial charge in [0.2, 0.25) is 5.91 Å². The van der Waals surface area contributed by atoms with E-state index in [1.165, 1.54) is 10.8 Å². The van der Waals surface area contributed by atoms with Crippen LogP contribution in [-0.2, 0) is 11.2 Å². The third kappa shape index (κ3) is 3.14. The van der Waals surface area contributed by atoms with Crippen LogP contribution in [0.4, 0.5) is 0 Å². The zero-order valence-corrected chi connectivity index (χ0v) is 12.7. The van der Waals surface area contributed by atoms with Crippen LogP contribution in [0.3, 0.4) is 0 Å². The molecule has 3 heteroatoms. The third-order valence-electron chi connectivity index (χ3n) is 3.58. The van der Waals surface area contributed by atoms with Crippen LogP contribution in [0.25, 0.3) is 10.8 Å². The molecular formula is C18H17NOS. The fraction of sp³-hybridized carbons (Fsp3) is 0.167. The molecule has 3 rings (SSSR count). The number of fused-ring (bicyclic) bond motifs is 1. The number of nitrogens with one attached hydrogen (secondary N) is 1. The monoisotopic (exact) mass is 295 g/mol. The number of carbonyl (C=O) groups excluding carboxylic acids is 1. The van der Waals surface area contributed by atoms with Gasteiger partial charge in [-0.1, -0.05) is 48.5 Å². The van der Waals surface area contributed by atoms with Crippen LogP contribution >= 0.6 is 11.3 Å². The minimum atomic E-state index is 0.00330. The average Bonchev–Trinajstić information content (AvgIpc) is 2.99. The average molecular weight is 295 g/mol. The number of hydrogen-bond acceptors (Lipinski definition) is 2. The van der Waals surface area contributed by atoms with Gasteiger partial charge in [0.15, 0.2) is 0 Å². The molecule has 0 bridgehead atoms. The van der Waals surface area contributed by atoms with Gasteiger partial charge in [-0.05, 0) is 34.7 Å². The Morgan fingerprint density at radius 2 is 1.90 bits per heavy atom. The second kappa shape index (κ2) is 6.10. The smallest absolute Gasteiger partial charge is 0.225 e. The predicted octanol–water partition coefficient (Wildman–Crippen LogP) is 4.32. The van der Waals surface area contributed by atoms with E-state index in [9.17, 15) is 4.79 Å². The molecule has 21 heavy (non-hydrogen) atoms. The SMILES string of the molecule is C[C@@H](NC(=O)Cc1cccs1)c1cccc2ccccc12. The van der Waals surface area contributed by atoms with Crippen molar-refractivity contribution in [1.29, 1.82) is 0 Å². The molecule has 0 aliphatic heterocycles. The second-order valence-electron chi connectivity index (χ2n) is 5.11. The molecule has 1 amide bonds. The Hall–Kier alpha value is -2.13. The fourth-order valence-corrected chi connectivity index (χ4v) is 3.27. The first-order valence-corrected chi connectivity index (χ1v) is 7.91. The lowest BCUT2D eigenvalue weighted by Gasteiger charge is -2.16. The lowest BCUT2D eigenvalue weighted by atomic mass is 9.99. The summed E-state index contributed by atoms with van der Waals surface area (Å²) >= 11 is 1.62. The Labute approximate surface area is 128 Å². The van der Waals surface area contributed by atoms with Gasteiger partial charge in [-0.25, -0.2) is 0 Å². The van der Waals surface area contributed by atoms with Gasteiger partial charge in [-0.15, -0.1) is 11.3 Å². The molecule has 106 valence electrons. The molecule has 1 N–H and O–H groups in total. The molecule has 1 aromatic heterocycles. The highest BCUT2D eigenvalue weighted by Crippen LogP contribution is 2.24. The normalized spacial score (nSPS) is 12.2. The fourth-order valence-electron chi connectivity index (χ4n) is 2.57. The number of thiophene rings is 1. The summed E-state index contributed by atoms with van der Waals surface area (Å²) in [5, 5.41) is 7.49. The summed E-state index contributed by atoms with van der Waals surface area (Å²) in [6.07, 6.45) is 0.451. The van der Waals surface area contributed by atoms with Gasteiger partial charge in [-0.3, -0.25) is 4.79 Å². The minimum Gasteiger partial charge on any atom is -0.349 e. The highest BCUT2D eigenvalue weighted by atomic mass is 32.1. The zero-order chi connectivity index (χ0) is 14.7. The van der Waals surface area contributed by atoms with Crippen molar-refractivity contribution < 1.29 is 4.79 Å². The molecular weight excluding hydrogens is 278 g/mol. The molecule has 0 radical (unpaired) electrons. The summed E-state index contributed by atoms with van der Waals surface area (Å²) in [7, 11) is 0. The largest absolute Gasteiger partial charge is 0.349 e. The van der Waals surface area contributed by atoms with Crippen molar-refractivity contribution in [3.63, 3.8) is 0 Å². The lowest BCUT2D eigenvalue weighted by molar-refractivity contribution is -0.121. The molecule has 0 saturated heterocycles. The summed E-state index contributed by atoms with van der Waals surface area (Å²) in [4.78, 5) is 13.2. The summed E-state index contributed by atoms with van der Waals surface area (Å²) in [6, 6.07) is 18.5. The molecule has 0 saturated carbocycles. The van der Waals surface area contributed by atoms with Crippen molar-refractivity contribution in [1.82, 2.24) is 5.32 Å². The number of hydrogen-bond donors (Lipinski definition) is 1. The van der Waals surface area contributed by atoms with E-state index >= 15 is 0 Å². The van der Waals surface area contributed by atoms with Crippen LogP contribution in [0.2, 0.25) is 0 Å². The van der Waals surface area contributed by atoms with Gasteiger partial charge < -0.3 is 5.32 Å². The lowest BCUT2D eigenvalue weighted by Crippen LogP contribution is -2.27. The van der Waals surface area contributed by atoms with Crippen LogP contribution in [0, 0.1) is 0 Å². The minimum absolute atomic E-state index is 0.00330. The summed E-state index contributed by atoms with van der Waals surface area (Å²) < 4.78 is 0. The highest BCUT2D eigenvalue weighted by Gasteiger charge is 2.12. The standard InChI is InChI=1S/C18H17NOS/c1-13(19-18(20)12-15-8-5-11-21-15)16-10-4-7-14-6-2-3-9-17(14)16/h2-11,13H,12H2,1H3,(H,19,20)/t13-/m1/s1. The molecule has 0 aliphatic carbocycles. The van der Waals surface area contributed by atoms with Gasteiger partial charge >= 0.3 is 0 Å². The molecule has 1 atom stereocenters. The molecule has 0 spiro atoms. The van der Waals surface area contributed by atoms with Crippen LogP contribution in [0.1, 0.15) is 23.4 Å². The Morgan fingerprint density at radius 3 is 2.71 bits per heavy atom. The zero-order valence-electron chi connectivity index (χ0n) is 11.9. The van der Waals surface area contributed by atoms with E-state index in [0.29, 0.717) is 6.42 Å². The van der Waals surface area contributed by atoms with E-state index < -0.39 is 0 Å². The molecule has 3 aromatic rings. The second-order valence-corrected chi connectivity index (χ2v) is 6.15. The van der Waals surface area contributed by atoms with Crippen LogP contribution in [-0.4, -0.2) is 5.91 Å². The first kappa shape index (κ1) is 13.8. The van der Waals surface area contributed by atoms with Crippen molar-refractivity contribution in [3.8, 4) is 0 Å². The van der Waals surface area contributed by atoms with E-state index in [1.807, 2.05) is 42.6 Å². The van der Waals surface area contributed by atoms with Crippen molar-refractivity contribution >= 4 is 28.0 Å². The summed E-state index contributed by atoms with van der Waals surface area (Å²) in [5.74, 6) is 0.0675. The maximum absolute atomic E-state index is 12.1. The van der Waals surface area contributed by atoms with Crippen molar-refractivity contribution in [2.75, 3.05) is 0 Å². The van der Waals surface area contributed by atoms with Gasteiger partial charge in [-0.2, -0.15) is 0 Å². The number of carbonyl (C=O) groups is 1. The predicted molar refractivity (Wildman–Crippen MR) is 88.5 cm³/mol. The summed E-state index contributed by atoms with van der Waals surface area (Å²) in [5.41, 5.74) is 1.16. The van der Waals surface area contributed by atoms with Gasteiger partial charge in [0.05, 0.1) is 12.5 Å². The van der Waals surface area contributed by atoms with Crippen LogP contribution in [0.5, 0.6) is 0 Å². The first-order valence-electron chi connectivity index (χ1n) is 7.03. The highest BCUT2D eigenvalue weighted by molar-refractivity contribution is 7.10. The van der Waals surface area contributed by atoms with Crippen LogP contribution < -0.4 is 5.32 Å². The van der Waals surface area contributed by atoms with Gasteiger partial charge in [0.25, 0.3) is 0 Å².